The van der Waals surface area contributed by atoms with Crippen LogP contribution in [0.4, 0.5) is 28.4 Å². The molecule has 0 atom stereocenters. The van der Waals surface area contributed by atoms with E-state index in [4.69, 9.17) is 5.73 Å². The number of benzene rings is 5. The summed E-state index contributed by atoms with van der Waals surface area (Å²) in [7, 11) is -4.22. The Kier molecular flexibility index (Phi) is 6.08. The molecule has 0 saturated carbocycles. The van der Waals surface area contributed by atoms with E-state index in [0.717, 1.165) is 5.39 Å². The first-order valence-corrected chi connectivity index (χ1v) is 12.3. The van der Waals surface area contributed by atoms with Crippen LogP contribution in [-0.2, 0) is 0 Å². The average molecular weight is 500 g/mol. The molecule has 36 heavy (non-hydrogen) atoms. The van der Waals surface area contributed by atoms with Crippen molar-refractivity contribution >= 4 is 60.9 Å². The van der Waals surface area contributed by atoms with E-state index in [9.17, 15) is 18.8 Å². The standard InChI is InChI=1S/C26H21N5O4S/c27-17-11-10-16-14-24(36(33,34)35)25(26(32)21(16)15-17)31-30-23-13-12-22(19-8-4-5-9-20(19)23)29-28-18-6-2-1-3-7-18/h1-15,32-35H,27H2. The Morgan fingerprint density at radius 2 is 1.22 bits per heavy atom. The number of fused-ring (bicyclic) bond motifs is 2. The van der Waals surface area contributed by atoms with Crippen molar-refractivity contribution in [3.8, 4) is 5.75 Å². The van der Waals surface area contributed by atoms with Crippen molar-refractivity contribution in [2.24, 2.45) is 20.5 Å². The van der Waals surface area contributed by atoms with Gasteiger partial charge in [-0.05, 0) is 47.9 Å². The number of anilines is 1. The molecule has 0 saturated heterocycles. The average Bonchev–Trinajstić information content (AvgIpc) is 2.87. The lowest BCUT2D eigenvalue weighted by atomic mass is 10.1. The van der Waals surface area contributed by atoms with Crippen LogP contribution < -0.4 is 5.73 Å². The van der Waals surface area contributed by atoms with Crippen LogP contribution in [0, 0.1) is 0 Å². The molecule has 0 aliphatic carbocycles. The number of rotatable bonds is 5. The molecule has 10 heteroatoms. The van der Waals surface area contributed by atoms with Crippen LogP contribution in [0.25, 0.3) is 21.5 Å². The fourth-order valence-corrected chi connectivity index (χ4v) is 4.50. The number of phenols is 1. The Hall–Kier alpha value is -4.35. The molecule has 5 aromatic rings. The van der Waals surface area contributed by atoms with Crippen LogP contribution in [0.3, 0.4) is 0 Å². The highest BCUT2D eigenvalue weighted by molar-refractivity contribution is 8.19. The maximum absolute atomic E-state index is 10.9. The van der Waals surface area contributed by atoms with E-state index >= 15 is 0 Å². The summed E-state index contributed by atoms with van der Waals surface area (Å²) >= 11 is 0. The van der Waals surface area contributed by atoms with Crippen molar-refractivity contribution in [3.05, 3.63) is 91.0 Å². The van der Waals surface area contributed by atoms with Gasteiger partial charge in [0.15, 0.2) is 5.75 Å². The summed E-state index contributed by atoms with van der Waals surface area (Å²) < 4.78 is 30.0. The largest absolute Gasteiger partial charge is 0.505 e. The second-order valence-electron chi connectivity index (χ2n) is 7.96. The van der Waals surface area contributed by atoms with Crippen molar-refractivity contribution in [2.45, 2.75) is 4.90 Å². The summed E-state index contributed by atoms with van der Waals surface area (Å²) in [4.78, 5) is -0.349. The molecule has 0 spiro atoms. The highest BCUT2D eigenvalue weighted by atomic mass is 32.3. The van der Waals surface area contributed by atoms with Crippen LogP contribution in [-0.4, -0.2) is 18.8 Å². The van der Waals surface area contributed by atoms with Crippen LogP contribution >= 0.6 is 10.9 Å². The zero-order valence-electron chi connectivity index (χ0n) is 18.7. The predicted octanol–water partition coefficient (Wildman–Crippen LogP) is 8.69. The van der Waals surface area contributed by atoms with Gasteiger partial charge in [0.25, 0.3) is 0 Å². The molecule has 0 fully saturated rings. The van der Waals surface area contributed by atoms with Gasteiger partial charge in [-0.1, -0.05) is 48.5 Å². The van der Waals surface area contributed by atoms with Crippen molar-refractivity contribution < 1.29 is 18.8 Å². The Labute approximate surface area is 207 Å². The first kappa shape index (κ1) is 23.4. The number of nitrogens with zero attached hydrogens (tertiary/aromatic N) is 4. The zero-order chi connectivity index (χ0) is 25.3. The highest BCUT2D eigenvalue weighted by Crippen LogP contribution is 2.54. The maximum atomic E-state index is 10.9. The minimum Gasteiger partial charge on any atom is -0.505 e. The smallest absolute Gasteiger partial charge is 0.152 e. The molecule has 6 N–H and O–H groups in total. The fraction of sp³-hybridized carbons (Fsp3) is 0. The highest BCUT2D eigenvalue weighted by Gasteiger charge is 2.25. The number of nitrogens with two attached hydrogens (primary N) is 1. The molecule has 0 aromatic heterocycles. The van der Waals surface area contributed by atoms with Crippen LogP contribution in [0.1, 0.15) is 0 Å². The van der Waals surface area contributed by atoms with Crippen LogP contribution in [0.5, 0.6) is 5.75 Å². The first-order valence-electron chi connectivity index (χ1n) is 10.8. The molecule has 0 aliphatic rings. The SMILES string of the molecule is Nc1ccc2cc(S(O)(O)O)c(N=Nc3ccc(N=Nc4ccccc4)c4ccccc34)c(O)c2c1. The third-order valence-electron chi connectivity index (χ3n) is 5.54. The Bertz CT molecular complexity index is 1650. The summed E-state index contributed by atoms with van der Waals surface area (Å²) in [5.41, 5.74) is 7.76. The van der Waals surface area contributed by atoms with E-state index in [2.05, 4.69) is 20.5 Å². The zero-order valence-corrected chi connectivity index (χ0v) is 19.5. The Balaban J connectivity index is 1.61. The fourth-order valence-electron chi connectivity index (χ4n) is 3.82. The second kappa shape index (κ2) is 9.36. The van der Waals surface area contributed by atoms with E-state index < -0.39 is 10.9 Å². The molecule has 0 aliphatic heterocycles. The van der Waals surface area contributed by atoms with Gasteiger partial charge in [0.2, 0.25) is 0 Å². The number of azo groups is 2. The predicted molar refractivity (Wildman–Crippen MR) is 143 cm³/mol. The van der Waals surface area contributed by atoms with E-state index in [1.807, 2.05) is 54.6 Å². The molecule has 0 heterocycles. The van der Waals surface area contributed by atoms with E-state index in [-0.39, 0.29) is 16.3 Å². The van der Waals surface area contributed by atoms with Crippen molar-refractivity contribution in [1.29, 1.82) is 0 Å². The molecule has 0 amide bonds. The number of aromatic hydroxyl groups is 1. The van der Waals surface area contributed by atoms with Crippen molar-refractivity contribution in [2.75, 3.05) is 5.73 Å². The minimum atomic E-state index is -4.22. The monoisotopic (exact) mass is 499 g/mol. The minimum absolute atomic E-state index is 0.271. The normalized spacial score (nSPS) is 12.8. The summed E-state index contributed by atoms with van der Waals surface area (Å²) in [5.74, 6) is -0.384. The number of hydrogen-bond donors (Lipinski definition) is 5. The molecule has 5 aromatic carbocycles. The topological polar surface area (TPSA) is 156 Å². The van der Waals surface area contributed by atoms with Gasteiger partial charge < -0.3 is 24.5 Å². The Morgan fingerprint density at radius 3 is 1.86 bits per heavy atom. The van der Waals surface area contributed by atoms with Gasteiger partial charge in [0.1, 0.15) is 16.6 Å². The van der Waals surface area contributed by atoms with Crippen molar-refractivity contribution in [3.63, 3.8) is 0 Å². The first-order chi connectivity index (χ1) is 17.3. The van der Waals surface area contributed by atoms with Gasteiger partial charge in [-0.15, -0.1) is 15.3 Å². The molecule has 0 unspecified atom stereocenters. The van der Waals surface area contributed by atoms with Crippen LogP contribution in [0.15, 0.2) is 116 Å². The summed E-state index contributed by atoms with van der Waals surface area (Å²) in [6, 6.07) is 26.3. The van der Waals surface area contributed by atoms with Crippen LogP contribution in [0.2, 0.25) is 0 Å². The third kappa shape index (κ3) is 4.61. The lowest BCUT2D eigenvalue weighted by Gasteiger charge is -2.22. The van der Waals surface area contributed by atoms with Gasteiger partial charge in [-0.25, -0.2) is 0 Å². The Morgan fingerprint density at radius 1 is 0.611 bits per heavy atom. The third-order valence-corrected chi connectivity index (χ3v) is 6.44. The lowest BCUT2D eigenvalue weighted by Crippen LogP contribution is -1.97. The number of phenolic OH excluding ortho intramolecular Hbond substituents is 1. The lowest BCUT2D eigenvalue weighted by molar-refractivity contribution is 0.375. The molecule has 5 rings (SSSR count). The van der Waals surface area contributed by atoms with E-state index in [0.29, 0.717) is 38.9 Å². The van der Waals surface area contributed by atoms with E-state index in [1.165, 1.54) is 12.1 Å². The van der Waals surface area contributed by atoms with E-state index in [1.54, 1.807) is 24.3 Å². The number of nitrogen functional groups attached to an aromatic ring is 1. The summed E-state index contributed by atoms with van der Waals surface area (Å²) in [6.45, 7) is 0. The maximum Gasteiger partial charge on any atom is 0.152 e. The number of hydrogen-bond acceptors (Lipinski definition) is 9. The summed E-state index contributed by atoms with van der Waals surface area (Å²) in [5, 5.41) is 30.2. The van der Waals surface area contributed by atoms with Gasteiger partial charge in [-0.2, -0.15) is 5.11 Å². The molecule has 0 bridgehead atoms. The molecule has 180 valence electrons. The molecule has 9 nitrogen and oxygen atoms in total. The van der Waals surface area contributed by atoms with Gasteiger partial charge >= 0.3 is 0 Å². The second-order valence-corrected chi connectivity index (χ2v) is 9.43. The van der Waals surface area contributed by atoms with Crippen molar-refractivity contribution in [1.82, 2.24) is 0 Å². The molecule has 0 radical (unpaired) electrons. The van der Waals surface area contributed by atoms with Gasteiger partial charge in [0.05, 0.1) is 22.0 Å². The van der Waals surface area contributed by atoms with Gasteiger partial charge in [-0.3, -0.25) is 0 Å². The summed E-state index contributed by atoms with van der Waals surface area (Å²) in [6.07, 6.45) is 0. The van der Waals surface area contributed by atoms with Gasteiger partial charge in [0, 0.05) is 21.8 Å². The quantitative estimate of drug-likeness (QED) is 0.121. The molecular weight excluding hydrogens is 478 g/mol. The molecular formula is C26H21N5O4S.